The van der Waals surface area contributed by atoms with Crippen molar-refractivity contribution >= 4 is 34.9 Å². The second-order valence-electron chi connectivity index (χ2n) is 6.77. The molecule has 30 heavy (non-hydrogen) atoms. The average Bonchev–Trinajstić information content (AvgIpc) is 3.45. The van der Waals surface area contributed by atoms with Gasteiger partial charge < -0.3 is 10.1 Å². The van der Waals surface area contributed by atoms with Gasteiger partial charge in [-0.1, -0.05) is 24.3 Å². The molecular formula is C21H24N6OS2. The molecule has 3 aromatic rings. The SMILES string of the molecule is S=C(NCCN1CCOCC1)N/N=C\c1cn(-c2ccccc2)nc1-c1cccs1. The Morgan fingerprint density at radius 1 is 1.20 bits per heavy atom. The van der Waals surface area contributed by atoms with Gasteiger partial charge in [0.2, 0.25) is 0 Å². The quantitative estimate of drug-likeness (QED) is 0.335. The fourth-order valence-corrected chi connectivity index (χ4v) is 4.04. The summed E-state index contributed by atoms with van der Waals surface area (Å²) in [5.41, 5.74) is 5.72. The van der Waals surface area contributed by atoms with Gasteiger partial charge in [-0.15, -0.1) is 11.3 Å². The molecule has 0 unspecified atom stereocenters. The van der Waals surface area contributed by atoms with Crippen LogP contribution in [0.3, 0.4) is 0 Å². The number of hydrogen-bond acceptors (Lipinski definition) is 6. The van der Waals surface area contributed by atoms with Crippen molar-refractivity contribution in [3.05, 3.63) is 59.6 Å². The number of ether oxygens (including phenoxy) is 1. The third kappa shape index (κ3) is 5.51. The molecule has 0 amide bonds. The lowest BCUT2D eigenvalue weighted by Crippen LogP contribution is -2.42. The molecular weight excluding hydrogens is 416 g/mol. The van der Waals surface area contributed by atoms with E-state index in [1.165, 1.54) is 0 Å². The van der Waals surface area contributed by atoms with E-state index >= 15 is 0 Å². The normalized spacial score (nSPS) is 14.8. The molecule has 0 spiro atoms. The van der Waals surface area contributed by atoms with Gasteiger partial charge in [0.1, 0.15) is 5.69 Å². The fourth-order valence-electron chi connectivity index (χ4n) is 3.15. The van der Waals surface area contributed by atoms with Gasteiger partial charge in [-0.05, 0) is 35.8 Å². The molecule has 7 nitrogen and oxygen atoms in total. The first kappa shape index (κ1) is 20.7. The third-order valence-electron chi connectivity index (χ3n) is 4.70. The highest BCUT2D eigenvalue weighted by Gasteiger charge is 2.12. The molecule has 3 heterocycles. The Hall–Kier alpha value is -2.59. The van der Waals surface area contributed by atoms with Crippen LogP contribution in [-0.2, 0) is 4.74 Å². The van der Waals surface area contributed by atoms with Crippen LogP contribution < -0.4 is 10.7 Å². The van der Waals surface area contributed by atoms with Gasteiger partial charge in [0.15, 0.2) is 5.11 Å². The smallest absolute Gasteiger partial charge is 0.187 e. The summed E-state index contributed by atoms with van der Waals surface area (Å²) in [5.74, 6) is 0. The van der Waals surface area contributed by atoms with Crippen molar-refractivity contribution in [1.82, 2.24) is 25.4 Å². The summed E-state index contributed by atoms with van der Waals surface area (Å²) >= 11 is 6.99. The Morgan fingerprint density at radius 2 is 2.03 bits per heavy atom. The number of aromatic nitrogens is 2. The minimum atomic E-state index is 0.507. The van der Waals surface area contributed by atoms with Gasteiger partial charge in [0, 0.05) is 37.9 Å². The molecule has 0 aliphatic carbocycles. The molecule has 1 fully saturated rings. The van der Waals surface area contributed by atoms with E-state index in [1.54, 1.807) is 17.6 Å². The largest absolute Gasteiger partial charge is 0.379 e. The van der Waals surface area contributed by atoms with Crippen LogP contribution in [0.4, 0.5) is 0 Å². The Balaban J connectivity index is 1.37. The van der Waals surface area contributed by atoms with Crippen molar-refractivity contribution in [2.75, 3.05) is 39.4 Å². The van der Waals surface area contributed by atoms with Crippen LogP contribution in [0.2, 0.25) is 0 Å². The van der Waals surface area contributed by atoms with E-state index in [9.17, 15) is 0 Å². The molecule has 1 aliphatic rings. The highest BCUT2D eigenvalue weighted by Crippen LogP contribution is 2.26. The maximum absolute atomic E-state index is 5.36. The van der Waals surface area contributed by atoms with E-state index in [-0.39, 0.29) is 0 Å². The summed E-state index contributed by atoms with van der Waals surface area (Å²) in [7, 11) is 0. The van der Waals surface area contributed by atoms with Crippen LogP contribution in [0.15, 0.2) is 59.1 Å². The molecule has 4 rings (SSSR count). The molecule has 0 bridgehead atoms. The maximum atomic E-state index is 5.36. The molecule has 2 N–H and O–H groups in total. The molecule has 9 heteroatoms. The number of para-hydroxylation sites is 1. The third-order valence-corrected chi connectivity index (χ3v) is 5.82. The highest BCUT2D eigenvalue weighted by atomic mass is 32.1. The van der Waals surface area contributed by atoms with Crippen LogP contribution in [0.5, 0.6) is 0 Å². The Bertz CT molecular complexity index is 965. The molecule has 1 saturated heterocycles. The van der Waals surface area contributed by atoms with Crippen molar-refractivity contribution in [3.8, 4) is 16.3 Å². The lowest BCUT2D eigenvalue weighted by molar-refractivity contribution is 0.0389. The number of hydrogen-bond donors (Lipinski definition) is 2. The lowest BCUT2D eigenvalue weighted by atomic mass is 10.2. The van der Waals surface area contributed by atoms with Crippen molar-refractivity contribution in [2.45, 2.75) is 0 Å². The molecule has 0 radical (unpaired) electrons. The van der Waals surface area contributed by atoms with Gasteiger partial charge in [-0.25, -0.2) is 4.68 Å². The van der Waals surface area contributed by atoms with E-state index in [1.807, 2.05) is 52.7 Å². The number of thiocarbonyl (C=S) groups is 1. The summed E-state index contributed by atoms with van der Waals surface area (Å²) in [6, 6.07) is 14.1. The van der Waals surface area contributed by atoms with Crippen molar-refractivity contribution in [3.63, 3.8) is 0 Å². The number of nitrogens with zero attached hydrogens (tertiary/aromatic N) is 4. The molecule has 2 aromatic heterocycles. The monoisotopic (exact) mass is 440 g/mol. The van der Waals surface area contributed by atoms with E-state index in [0.717, 1.165) is 61.2 Å². The second kappa shape index (κ2) is 10.4. The zero-order valence-electron chi connectivity index (χ0n) is 16.5. The Morgan fingerprint density at radius 3 is 2.80 bits per heavy atom. The van der Waals surface area contributed by atoms with E-state index < -0.39 is 0 Å². The summed E-state index contributed by atoms with van der Waals surface area (Å²) in [4.78, 5) is 3.45. The number of nitrogens with one attached hydrogen (secondary N) is 2. The number of hydrazone groups is 1. The fraction of sp³-hybridized carbons (Fsp3) is 0.286. The van der Waals surface area contributed by atoms with Gasteiger partial charge in [-0.2, -0.15) is 10.2 Å². The summed E-state index contributed by atoms with van der Waals surface area (Å²) in [5, 5.41) is 14.8. The first-order valence-electron chi connectivity index (χ1n) is 9.85. The van der Waals surface area contributed by atoms with E-state index in [4.69, 9.17) is 22.1 Å². The minimum absolute atomic E-state index is 0.507. The highest BCUT2D eigenvalue weighted by molar-refractivity contribution is 7.80. The molecule has 1 aliphatic heterocycles. The lowest BCUT2D eigenvalue weighted by Gasteiger charge is -2.26. The predicted molar refractivity (Wildman–Crippen MR) is 125 cm³/mol. The second-order valence-corrected chi connectivity index (χ2v) is 8.13. The summed E-state index contributed by atoms with van der Waals surface area (Å²) < 4.78 is 7.23. The molecule has 0 saturated carbocycles. The topological polar surface area (TPSA) is 66.7 Å². The van der Waals surface area contributed by atoms with Gasteiger partial charge in [0.05, 0.1) is 30.0 Å². The zero-order chi connectivity index (χ0) is 20.6. The van der Waals surface area contributed by atoms with Crippen molar-refractivity contribution < 1.29 is 4.74 Å². The van der Waals surface area contributed by atoms with Crippen LogP contribution >= 0.6 is 23.6 Å². The van der Waals surface area contributed by atoms with Crippen LogP contribution in [-0.4, -0.2) is 65.4 Å². The summed E-state index contributed by atoms with van der Waals surface area (Å²) in [6.45, 7) is 5.25. The van der Waals surface area contributed by atoms with Crippen LogP contribution in [0, 0.1) is 0 Å². The van der Waals surface area contributed by atoms with E-state index in [0.29, 0.717) is 5.11 Å². The van der Waals surface area contributed by atoms with Crippen LogP contribution in [0.25, 0.3) is 16.3 Å². The predicted octanol–water partition coefficient (Wildman–Crippen LogP) is 2.73. The van der Waals surface area contributed by atoms with Crippen molar-refractivity contribution in [2.24, 2.45) is 5.10 Å². The average molecular weight is 441 g/mol. The minimum Gasteiger partial charge on any atom is -0.379 e. The Labute approximate surface area is 185 Å². The number of rotatable bonds is 7. The molecule has 1 aromatic carbocycles. The number of thiophene rings is 1. The molecule has 0 atom stereocenters. The molecule has 156 valence electrons. The van der Waals surface area contributed by atoms with E-state index in [2.05, 4.69) is 26.8 Å². The zero-order valence-corrected chi connectivity index (χ0v) is 18.2. The first-order valence-corrected chi connectivity index (χ1v) is 11.1. The van der Waals surface area contributed by atoms with Gasteiger partial charge in [-0.3, -0.25) is 10.3 Å². The van der Waals surface area contributed by atoms with Gasteiger partial charge >= 0.3 is 0 Å². The maximum Gasteiger partial charge on any atom is 0.187 e. The van der Waals surface area contributed by atoms with Gasteiger partial charge in [0.25, 0.3) is 0 Å². The Kier molecular flexibility index (Phi) is 7.20. The standard InChI is InChI=1S/C21H24N6OS2/c29-21(22-8-9-26-10-12-28-13-11-26)24-23-15-17-16-27(18-5-2-1-3-6-18)25-20(17)19-7-4-14-30-19/h1-7,14-16H,8-13H2,(H2,22,24,29)/b23-15-. The van der Waals surface area contributed by atoms with Crippen molar-refractivity contribution in [1.29, 1.82) is 0 Å². The van der Waals surface area contributed by atoms with Crippen LogP contribution in [0.1, 0.15) is 5.56 Å². The summed E-state index contributed by atoms with van der Waals surface area (Å²) in [6.07, 6.45) is 3.74. The number of morpholine rings is 1. The number of benzene rings is 1. The first-order chi connectivity index (χ1) is 14.8.